The fraction of sp³-hybridized carbons (Fsp3) is 0.824. The van der Waals surface area contributed by atoms with E-state index in [0.29, 0.717) is 5.92 Å². The van der Waals surface area contributed by atoms with E-state index in [-0.39, 0.29) is 5.54 Å². The predicted octanol–water partition coefficient (Wildman–Crippen LogP) is 4.30. The molecule has 2 rings (SSSR count). The maximum absolute atomic E-state index is 5.23. The Balaban J connectivity index is 2.20. The fourth-order valence-corrected chi connectivity index (χ4v) is 4.36. The van der Waals surface area contributed by atoms with Crippen LogP contribution in [0.5, 0.6) is 0 Å². The molecular weight excluding hydrogens is 280 g/mol. The third-order valence-corrected chi connectivity index (χ3v) is 5.72. The van der Waals surface area contributed by atoms with Gasteiger partial charge in [0.2, 0.25) is 0 Å². The summed E-state index contributed by atoms with van der Waals surface area (Å²) in [5.74, 6) is 1.34. The molecule has 1 aliphatic carbocycles. The lowest BCUT2D eigenvalue weighted by Crippen LogP contribution is -2.43. The molecule has 0 aliphatic heterocycles. The summed E-state index contributed by atoms with van der Waals surface area (Å²) in [6, 6.07) is 0. The Morgan fingerprint density at radius 3 is 2.90 bits per heavy atom. The molecular formula is C17H30N2OS. The van der Waals surface area contributed by atoms with Gasteiger partial charge in [0, 0.05) is 19.0 Å². The lowest BCUT2D eigenvalue weighted by atomic mass is 9.90. The summed E-state index contributed by atoms with van der Waals surface area (Å²) in [5.41, 5.74) is 1.31. The van der Waals surface area contributed by atoms with E-state index >= 15 is 0 Å². The molecule has 0 spiro atoms. The van der Waals surface area contributed by atoms with Crippen molar-refractivity contribution < 1.29 is 4.74 Å². The van der Waals surface area contributed by atoms with Gasteiger partial charge in [0.25, 0.3) is 0 Å². The van der Waals surface area contributed by atoms with Crippen LogP contribution in [-0.4, -0.2) is 25.2 Å². The molecule has 2 atom stereocenters. The molecule has 4 heteroatoms. The Bertz CT molecular complexity index is 432. The molecule has 0 aromatic carbocycles. The van der Waals surface area contributed by atoms with E-state index < -0.39 is 0 Å². The Kier molecular flexibility index (Phi) is 6.20. The molecule has 1 fully saturated rings. The minimum Gasteiger partial charge on any atom is -0.383 e. The van der Waals surface area contributed by atoms with Gasteiger partial charge in [-0.2, -0.15) is 0 Å². The highest BCUT2D eigenvalue weighted by Gasteiger charge is 2.36. The van der Waals surface area contributed by atoms with E-state index in [0.717, 1.165) is 19.1 Å². The Morgan fingerprint density at radius 2 is 2.24 bits per heavy atom. The second kappa shape index (κ2) is 7.70. The van der Waals surface area contributed by atoms with Gasteiger partial charge in [-0.1, -0.05) is 33.6 Å². The summed E-state index contributed by atoms with van der Waals surface area (Å²) >= 11 is 1.84. The van der Waals surface area contributed by atoms with Crippen molar-refractivity contribution in [3.8, 4) is 0 Å². The molecule has 3 nitrogen and oxygen atoms in total. The van der Waals surface area contributed by atoms with Gasteiger partial charge < -0.3 is 10.1 Å². The van der Waals surface area contributed by atoms with Gasteiger partial charge in [0.15, 0.2) is 0 Å². The topological polar surface area (TPSA) is 34.1 Å². The predicted molar refractivity (Wildman–Crippen MR) is 90.0 cm³/mol. The van der Waals surface area contributed by atoms with E-state index in [1.807, 2.05) is 11.3 Å². The number of ether oxygens (including phenoxy) is 1. The molecule has 0 amide bonds. The quantitative estimate of drug-likeness (QED) is 0.628. The van der Waals surface area contributed by atoms with Gasteiger partial charge >= 0.3 is 0 Å². The first-order valence-corrected chi connectivity index (χ1v) is 9.15. The van der Waals surface area contributed by atoms with Crippen LogP contribution in [0, 0.1) is 5.92 Å². The minimum absolute atomic E-state index is 0.0705. The van der Waals surface area contributed by atoms with Crippen molar-refractivity contribution in [2.75, 3.05) is 20.3 Å². The molecule has 1 aromatic heterocycles. The van der Waals surface area contributed by atoms with Crippen LogP contribution in [0.2, 0.25) is 0 Å². The first-order chi connectivity index (χ1) is 10.1. The van der Waals surface area contributed by atoms with Crippen molar-refractivity contribution in [2.24, 2.45) is 5.92 Å². The van der Waals surface area contributed by atoms with Gasteiger partial charge in [-0.15, -0.1) is 11.3 Å². The van der Waals surface area contributed by atoms with Crippen LogP contribution in [0.3, 0.4) is 0 Å². The molecule has 0 saturated heterocycles. The Morgan fingerprint density at radius 1 is 1.43 bits per heavy atom. The average Bonchev–Trinajstić information content (AvgIpc) is 2.88. The van der Waals surface area contributed by atoms with Crippen LogP contribution in [0.25, 0.3) is 0 Å². The monoisotopic (exact) mass is 310 g/mol. The van der Waals surface area contributed by atoms with Crippen LogP contribution in [0.4, 0.5) is 0 Å². The van der Waals surface area contributed by atoms with Crippen molar-refractivity contribution >= 4 is 11.3 Å². The number of hydrogen-bond acceptors (Lipinski definition) is 4. The maximum Gasteiger partial charge on any atom is 0.113 e. The molecule has 120 valence electrons. The fourth-order valence-electron chi connectivity index (χ4n) is 3.14. The summed E-state index contributed by atoms with van der Waals surface area (Å²) in [6.45, 7) is 8.49. The molecule has 21 heavy (non-hydrogen) atoms. The summed E-state index contributed by atoms with van der Waals surface area (Å²) in [6.07, 6.45) is 6.32. The van der Waals surface area contributed by atoms with Crippen LogP contribution < -0.4 is 5.32 Å². The first-order valence-electron chi connectivity index (χ1n) is 8.27. The number of methoxy groups -OCH3 is 1. The zero-order valence-corrected chi connectivity index (χ0v) is 14.8. The summed E-state index contributed by atoms with van der Waals surface area (Å²) in [7, 11) is 1.77. The normalized spacial score (nSPS) is 27.0. The van der Waals surface area contributed by atoms with E-state index in [4.69, 9.17) is 9.72 Å². The molecule has 1 aliphatic rings. The molecule has 2 unspecified atom stereocenters. The van der Waals surface area contributed by atoms with Crippen LogP contribution in [0.1, 0.15) is 69.5 Å². The van der Waals surface area contributed by atoms with Gasteiger partial charge in [-0.3, -0.25) is 0 Å². The van der Waals surface area contributed by atoms with E-state index in [9.17, 15) is 0 Å². The van der Waals surface area contributed by atoms with Crippen LogP contribution in [-0.2, 0) is 10.3 Å². The first kappa shape index (κ1) is 16.9. The van der Waals surface area contributed by atoms with Gasteiger partial charge in [-0.25, -0.2) is 4.98 Å². The summed E-state index contributed by atoms with van der Waals surface area (Å²) in [4.78, 5) is 4.97. The van der Waals surface area contributed by atoms with Crippen molar-refractivity contribution in [3.05, 3.63) is 16.1 Å². The maximum atomic E-state index is 5.23. The molecule has 1 N–H and O–H groups in total. The number of thiazole rings is 1. The van der Waals surface area contributed by atoms with Crippen molar-refractivity contribution in [1.29, 1.82) is 0 Å². The molecule has 1 heterocycles. The largest absolute Gasteiger partial charge is 0.383 e. The highest BCUT2D eigenvalue weighted by atomic mass is 32.1. The van der Waals surface area contributed by atoms with E-state index in [1.165, 1.54) is 42.8 Å². The third kappa shape index (κ3) is 4.27. The zero-order valence-electron chi connectivity index (χ0n) is 13.9. The second-order valence-electron chi connectivity index (χ2n) is 6.77. The minimum atomic E-state index is 0.0705. The standard InChI is InChI=1S/C17H30N2OS/c1-13(2)15-12-21-16(19-15)17(18-10-11-20-4)8-5-6-14(3)7-9-17/h12-14,18H,5-11H2,1-4H3. The highest BCUT2D eigenvalue weighted by molar-refractivity contribution is 7.09. The van der Waals surface area contributed by atoms with Crippen molar-refractivity contribution in [1.82, 2.24) is 10.3 Å². The van der Waals surface area contributed by atoms with Crippen molar-refractivity contribution in [2.45, 2.75) is 64.3 Å². The number of nitrogens with one attached hydrogen (secondary N) is 1. The van der Waals surface area contributed by atoms with E-state index in [1.54, 1.807) is 7.11 Å². The molecule has 1 saturated carbocycles. The van der Waals surface area contributed by atoms with Crippen LogP contribution >= 0.6 is 11.3 Å². The lowest BCUT2D eigenvalue weighted by molar-refractivity contribution is 0.177. The van der Waals surface area contributed by atoms with Gasteiger partial charge in [0.05, 0.1) is 17.8 Å². The molecule has 0 bridgehead atoms. The number of hydrogen-bond donors (Lipinski definition) is 1. The summed E-state index contributed by atoms with van der Waals surface area (Å²) < 4.78 is 5.23. The molecule has 1 aromatic rings. The second-order valence-corrected chi connectivity index (χ2v) is 7.63. The Labute approximate surface area is 133 Å². The van der Waals surface area contributed by atoms with Crippen LogP contribution in [0.15, 0.2) is 5.38 Å². The Hall–Kier alpha value is -0.450. The van der Waals surface area contributed by atoms with Crippen molar-refractivity contribution in [3.63, 3.8) is 0 Å². The smallest absolute Gasteiger partial charge is 0.113 e. The highest BCUT2D eigenvalue weighted by Crippen LogP contribution is 2.39. The van der Waals surface area contributed by atoms with Gasteiger partial charge in [-0.05, 0) is 31.1 Å². The number of rotatable bonds is 6. The number of aromatic nitrogens is 1. The van der Waals surface area contributed by atoms with E-state index in [2.05, 4.69) is 31.5 Å². The average molecular weight is 311 g/mol. The zero-order chi connectivity index (χ0) is 15.3. The third-order valence-electron chi connectivity index (χ3n) is 4.66. The lowest BCUT2D eigenvalue weighted by Gasteiger charge is -2.32. The summed E-state index contributed by atoms with van der Waals surface area (Å²) in [5, 5.41) is 7.32. The molecule has 0 radical (unpaired) electrons. The van der Waals surface area contributed by atoms with Gasteiger partial charge in [0.1, 0.15) is 5.01 Å². The number of nitrogens with zero attached hydrogens (tertiary/aromatic N) is 1. The SMILES string of the molecule is COCCNC1(c2nc(C(C)C)cs2)CCCC(C)CC1.